The zero-order valence-corrected chi connectivity index (χ0v) is 14.2. The van der Waals surface area contributed by atoms with Gasteiger partial charge < -0.3 is 14.6 Å². The van der Waals surface area contributed by atoms with E-state index in [0.29, 0.717) is 29.6 Å². The summed E-state index contributed by atoms with van der Waals surface area (Å²) >= 11 is 0. The van der Waals surface area contributed by atoms with Gasteiger partial charge in [0.2, 0.25) is 0 Å². The first kappa shape index (κ1) is 16.7. The van der Waals surface area contributed by atoms with Crippen LogP contribution >= 0.6 is 0 Å². The van der Waals surface area contributed by atoms with Gasteiger partial charge in [-0.15, -0.1) is 0 Å². The highest BCUT2D eigenvalue weighted by molar-refractivity contribution is 5.92. The van der Waals surface area contributed by atoms with Crippen molar-refractivity contribution >= 4 is 11.6 Å². The standard InChI is InChI=1S/C19H19N3O3/c1-3-17-21-19(25-22-17)14-7-5-8-15(11-14)20-18(23)12-24-16-9-4-6-13(2)10-16/h4-11H,3,12H2,1-2H3,(H,20,23). The Bertz CT molecular complexity index is 874. The molecule has 1 N–H and O–H groups in total. The number of carbonyl (C=O) groups excluding carboxylic acids is 1. The SMILES string of the molecule is CCc1noc(-c2cccc(NC(=O)COc3cccc(C)c3)c2)n1. The molecule has 1 heterocycles. The summed E-state index contributed by atoms with van der Waals surface area (Å²) in [5.74, 6) is 1.51. The molecule has 0 unspecified atom stereocenters. The Balaban J connectivity index is 1.62. The van der Waals surface area contributed by atoms with Gasteiger partial charge >= 0.3 is 0 Å². The average Bonchev–Trinajstić information content (AvgIpc) is 3.10. The number of rotatable bonds is 6. The summed E-state index contributed by atoms with van der Waals surface area (Å²) in [5.41, 5.74) is 2.48. The topological polar surface area (TPSA) is 77.2 Å². The van der Waals surface area contributed by atoms with E-state index in [-0.39, 0.29) is 12.5 Å². The maximum absolute atomic E-state index is 12.1. The molecule has 128 valence electrons. The van der Waals surface area contributed by atoms with Crippen molar-refractivity contribution in [2.75, 3.05) is 11.9 Å². The summed E-state index contributed by atoms with van der Waals surface area (Å²) in [6, 6.07) is 14.8. The second-order valence-corrected chi connectivity index (χ2v) is 5.60. The summed E-state index contributed by atoms with van der Waals surface area (Å²) in [6.45, 7) is 3.87. The minimum absolute atomic E-state index is 0.0613. The van der Waals surface area contributed by atoms with E-state index in [9.17, 15) is 4.79 Å². The molecule has 6 nitrogen and oxygen atoms in total. The third-order valence-corrected chi connectivity index (χ3v) is 3.54. The van der Waals surface area contributed by atoms with Gasteiger partial charge in [0, 0.05) is 17.7 Å². The number of carbonyl (C=O) groups is 1. The van der Waals surface area contributed by atoms with E-state index < -0.39 is 0 Å². The number of amides is 1. The van der Waals surface area contributed by atoms with Crippen molar-refractivity contribution in [3.05, 3.63) is 59.9 Å². The van der Waals surface area contributed by atoms with Crippen LogP contribution < -0.4 is 10.1 Å². The van der Waals surface area contributed by atoms with Crippen molar-refractivity contribution < 1.29 is 14.1 Å². The van der Waals surface area contributed by atoms with Crippen molar-refractivity contribution in [3.8, 4) is 17.2 Å². The number of ether oxygens (including phenoxy) is 1. The van der Waals surface area contributed by atoms with Crippen LogP contribution in [0.2, 0.25) is 0 Å². The van der Waals surface area contributed by atoms with Crippen LogP contribution in [0.5, 0.6) is 5.75 Å². The molecule has 0 aliphatic rings. The molecule has 3 aromatic rings. The number of benzene rings is 2. The van der Waals surface area contributed by atoms with E-state index in [2.05, 4.69) is 15.5 Å². The Morgan fingerprint density at radius 1 is 1.20 bits per heavy atom. The lowest BCUT2D eigenvalue weighted by atomic mass is 10.2. The summed E-state index contributed by atoms with van der Waals surface area (Å²) in [4.78, 5) is 16.4. The lowest BCUT2D eigenvalue weighted by Gasteiger charge is -2.08. The minimum Gasteiger partial charge on any atom is -0.484 e. The summed E-state index contributed by atoms with van der Waals surface area (Å²) in [6.07, 6.45) is 0.705. The number of aromatic nitrogens is 2. The quantitative estimate of drug-likeness (QED) is 0.743. The second-order valence-electron chi connectivity index (χ2n) is 5.60. The van der Waals surface area contributed by atoms with Crippen LogP contribution in [0.4, 0.5) is 5.69 Å². The molecular formula is C19H19N3O3. The fraction of sp³-hybridized carbons (Fsp3) is 0.211. The summed E-state index contributed by atoms with van der Waals surface area (Å²) in [7, 11) is 0. The van der Waals surface area contributed by atoms with Crippen LogP contribution in [-0.4, -0.2) is 22.7 Å². The molecular weight excluding hydrogens is 318 g/mol. The molecule has 0 fully saturated rings. The molecule has 3 rings (SSSR count). The Morgan fingerprint density at radius 3 is 2.80 bits per heavy atom. The van der Waals surface area contributed by atoms with Gasteiger partial charge in [-0.3, -0.25) is 4.79 Å². The number of hydrogen-bond donors (Lipinski definition) is 1. The van der Waals surface area contributed by atoms with E-state index in [1.165, 1.54) is 0 Å². The number of aryl methyl sites for hydroxylation is 2. The average molecular weight is 337 g/mol. The predicted octanol–water partition coefficient (Wildman–Crippen LogP) is 3.62. The molecule has 0 aliphatic carbocycles. The number of hydrogen-bond acceptors (Lipinski definition) is 5. The Hall–Kier alpha value is -3.15. The highest BCUT2D eigenvalue weighted by Crippen LogP contribution is 2.21. The molecule has 0 radical (unpaired) electrons. The van der Waals surface area contributed by atoms with Gasteiger partial charge in [0.15, 0.2) is 12.4 Å². The molecule has 0 saturated carbocycles. The molecule has 0 bridgehead atoms. The molecule has 0 saturated heterocycles. The van der Waals surface area contributed by atoms with Crippen LogP contribution in [0.25, 0.3) is 11.5 Å². The maximum atomic E-state index is 12.1. The Morgan fingerprint density at radius 2 is 2.04 bits per heavy atom. The van der Waals surface area contributed by atoms with Crippen molar-refractivity contribution in [2.24, 2.45) is 0 Å². The fourth-order valence-corrected chi connectivity index (χ4v) is 2.30. The van der Waals surface area contributed by atoms with E-state index in [1.54, 1.807) is 12.1 Å². The third kappa shape index (κ3) is 4.44. The largest absolute Gasteiger partial charge is 0.484 e. The van der Waals surface area contributed by atoms with Crippen molar-refractivity contribution in [1.82, 2.24) is 10.1 Å². The number of anilines is 1. The minimum atomic E-state index is -0.238. The van der Waals surface area contributed by atoms with Crippen molar-refractivity contribution in [3.63, 3.8) is 0 Å². The van der Waals surface area contributed by atoms with Gasteiger partial charge in [-0.05, 0) is 42.8 Å². The van der Waals surface area contributed by atoms with Gasteiger partial charge in [-0.25, -0.2) is 0 Å². The van der Waals surface area contributed by atoms with Crippen molar-refractivity contribution in [2.45, 2.75) is 20.3 Å². The molecule has 0 spiro atoms. The smallest absolute Gasteiger partial charge is 0.262 e. The monoisotopic (exact) mass is 337 g/mol. The maximum Gasteiger partial charge on any atom is 0.262 e. The number of nitrogens with zero attached hydrogens (tertiary/aromatic N) is 2. The van der Waals surface area contributed by atoms with Gasteiger partial charge in [0.25, 0.3) is 11.8 Å². The molecule has 0 atom stereocenters. The molecule has 6 heteroatoms. The lowest BCUT2D eigenvalue weighted by molar-refractivity contribution is -0.118. The number of nitrogens with one attached hydrogen (secondary N) is 1. The van der Waals surface area contributed by atoms with E-state index >= 15 is 0 Å². The van der Waals surface area contributed by atoms with Crippen molar-refractivity contribution in [1.29, 1.82) is 0 Å². The van der Waals surface area contributed by atoms with E-state index in [0.717, 1.165) is 11.1 Å². The van der Waals surface area contributed by atoms with Crippen LogP contribution in [0.1, 0.15) is 18.3 Å². The van der Waals surface area contributed by atoms with Gasteiger partial charge in [-0.1, -0.05) is 30.3 Å². The zero-order valence-electron chi connectivity index (χ0n) is 14.2. The fourth-order valence-electron chi connectivity index (χ4n) is 2.30. The predicted molar refractivity (Wildman–Crippen MR) is 94.4 cm³/mol. The molecule has 25 heavy (non-hydrogen) atoms. The lowest BCUT2D eigenvalue weighted by Crippen LogP contribution is -2.20. The molecule has 1 aromatic heterocycles. The molecule has 0 aliphatic heterocycles. The zero-order chi connectivity index (χ0) is 17.6. The highest BCUT2D eigenvalue weighted by Gasteiger charge is 2.10. The first-order valence-electron chi connectivity index (χ1n) is 8.06. The molecule has 1 amide bonds. The Kier molecular flexibility index (Phi) is 5.09. The highest BCUT2D eigenvalue weighted by atomic mass is 16.5. The van der Waals surface area contributed by atoms with Crippen LogP contribution in [0, 0.1) is 6.92 Å². The first-order chi connectivity index (χ1) is 12.1. The normalized spacial score (nSPS) is 10.5. The van der Waals surface area contributed by atoms with Gasteiger partial charge in [0.1, 0.15) is 5.75 Å². The first-order valence-corrected chi connectivity index (χ1v) is 8.06. The van der Waals surface area contributed by atoms with Crippen LogP contribution in [-0.2, 0) is 11.2 Å². The van der Waals surface area contributed by atoms with Crippen LogP contribution in [0.3, 0.4) is 0 Å². The summed E-state index contributed by atoms with van der Waals surface area (Å²) < 4.78 is 10.7. The summed E-state index contributed by atoms with van der Waals surface area (Å²) in [5, 5.41) is 6.68. The third-order valence-electron chi connectivity index (χ3n) is 3.54. The van der Waals surface area contributed by atoms with E-state index in [4.69, 9.17) is 9.26 Å². The van der Waals surface area contributed by atoms with Gasteiger partial charge in [0.05, 0.1) is 0 Å². The van der Waals surface area contributed by atoms with Crippen LogP contribution in [0.15, 0.2) is 53.1 Å². The van der Waals surface area contributed by atoms with Gasteiger partial charge in [-0.2, -0.15) is 4.98 Å². The second kappa shape index (κ2) is 7.61. The van der Waals surface area contributed by atoms with E-state index in [1.807, 2.05) is 50.2 Å². The Labute approximate surface area is 145 Å². The molecule has 2 aromatic carbocycles.